The van der Waals surface area contributed by atoms with Crippen molar-refractivity contribution in [3.63, 3.8) is 0 Å². The van der Waals surface area contributed by atoms with E-state index in [-0.39, 0.29) is 5.91 Å². The Morgan fingerprint density at radius 3 is 3.05 bits per heavy atom. The summed E-state index contributed by atoms with van der Waals surface area (Å²) in [6, 6.07) is 11.8. The number of aryl methyl sites for hydroxylation is 1. The molecule has 0 bridgehead atoms. The van der Waals surface area contributed by atoms with Gasteiger partial charge in [-0.2, -0.15) is 0 Å². The summed E-state index contributed by atoms with van der Waals surface area (Å²) in [4.78, 5) is 19.4. The monoisotopic (exact) mass is 265 g/mol. The minimum absolute atomic E-state index is 0.0577. The average Bonchev–Trinajstić information content (AvgIpc) is 2.89. The van der Waals surface area contributed by atoms with Gasteiger partial charge in [0, 0.05) is 17.9 Å². The molecule has 1 aromatic carbocycles. The number of aromatic nitrogens is 2. The predicted molar refractivity (Wildman–Crippen MR) is 79.6 cm³/mol. The number of anilines is 1. The first kappa shape index (κ1) is 12.4. The van der Waals surface area contributed by atoms with Gasteiger partial charge in [0.05, 0.1) is 6.42 Å². The Kier molecular flexibility index (Phi) is 3.21. The Labute approximate surface area is 116 Å². The summed E-state index contributed by atoms with van der Waals surface area (Å²) in [5, 5.41) is 3.99. The van der Waals surface area contributed by atoms with Gasteiger partial charge in [0.1, 0.15) is 5.82 Å². The first-order valence-electron chi connectivity index (χ1n) is 6.50. The highest BCUT2D eigenvalue weighted by atomic mass is 16.1. The SMILES string of the molecule is Cc1cccnc1NC(=O)Cc1ccc2cc[nH]c2c1. The van der Waals surface area contributed by atoms with E-state index in [0.717, 1.165) is 22.0 Å². The summed E-state index contributed by atoms with van der Waals surface area (Å²) < 4.78 is 0. The van der Waals surface area contributed by atoms with E-state index in [1.54, 1.807) is 6.20 Å². The van der Waals surface area contributed by atoms with E-state index >= 15 is 0 Å². The third-order valence-electron chi connectivity index (χ3n) is 3.25. The molecule has 4 nitrogen and oxygen atoms in total. The number of hydrogen-bond donors (Lipinski definition) is 2. The van der Waals surface area contributed by atoms with Gasteiger partial charge >= 0.3 is 0 Å². The van der Waals surface area contributed by atoms with Crippen LogP contribution in [0.2, 0.25) is 0 Å². The number of pyridine rings is 1. The number of carbonyl (C=O) groups is 1. The molecule has 0 radical (unpaired) electrons. The van der Waals surface area contributed by atoms with Gasteiger partial charge in [-0.15, -0.1) is 0 Å². The lowest BCUT2D eigenvalue weighted by Gasteiger charge is -2.07. The molecule has 0 unspecified atom stereocenters. The molecule has 3 aromatic rings. The maximum atomic E-state index is 12.0. The molecule has 2 heterocycles. The fourth-order valence-corrected chi connectivity index (χ4v) is 2.18. The molecule has 0 fully saturated rings. The lowest BCUT2D eigenvalue weighted by molar-refractivity contribution is -0.115. The minimum Gasteiger partial charge on any atom is -0.361 e. The molecule has 0 atom stereocenters. The number of benzene rings is 1. The molecule has 2 N–H and O–H groups in total. The van der Waals surface area contributed by atoms with Crippen LogP contribution in [0.5, 0.6) is 0 Å². The Morgan fingerprint density at radius 1 is 1.30 bits per heavy atom. The second-order valence-electron chi connectivity index (χ2n) is 4.79. The van der Waals surface area contributed by atoms with Crippen LogP contribution in [0.3, 0.4) is 0 Å². The van der Waals surface area contributed by atoms with Gasteiger partial charge in [0.15, 0.2) is 0 Å². The molecule has 100 valence electrons. The topological polar surface area (TPSA) is 57.8 Å². The first-order chi connectivity index (χ1) is 9.72. The van der Waals surface area contributed by atoms with Crippen molar-refractivity contribution >= 4 is 22.6 Å². The van der Waals surface area contributed by atoms with Crippen molar-refractivity contribution < 1.29 is 4.79 Å². The van der Waals surface area contributed by atoms with Crippen LogP contribution in [0.4, 0.5) is 5.82 Å². The van der Waals surface area contributed by atoms with Crippen molar-refractivity contribution in [2.24, 2.45) is 0 Å². The minimum atomic E-state index is -0.0577. The van der Waals surface area contributed by atoms with Crippen LogP contribution in [0, 0.1) is 6.92 Å². The average molecular weight is 265 g/mol. The van der Waals surface area contributed by atoms with E-state index in [9.17, 15) is 4.79 Å². The summed E-state index contributed by atoms with van der Waals surface area (Å²) in [6.45, 7) is 1.92. The number of H-pyrrole nitrogens is 1. The number of nitrogens with zero attached hydrogens (tertiary/aromatic N) is 1. The van der Waals surface area contributed by atoms with Gasteiger partial charge in [-0.05, 0) is 41.6 Å². The zero-order chi connectivity index (χ0) is 13.9. The molecular weight excluding hydrogens is 250 g/mol. The zero-order valence-electron chi connectivity index (χ0n) is 11.2. The van der Waals surface area contributed by atoms with Gasteiger partial charge in [0.2, 0.25) is 5.91 Å². The molecule has 0 aliphatic carbocycles. The number of carbonyl (C=O) groups excluding carboxylic acids is 1. The van der Waals surface area contributed by atoms with E-state index in [1.165, 1.54) is 0 Å². The lowest BCUT2D eigenvalue weighted by Crippen LogP contribution is -2.16. The van der Waals surface area contributed by atoms with Crippen molar-refractivity contribution in [1.29, 1.82) is 0 Å². The molecule has 0 aliphatic rings. The van der Waals surface area contributed by atoms with E-state index in [0.29, 0.717) is 12.2 Å². The highest BCUT2D eigenvalue weighted by Crippen LogP contribution is 2.15. The van der Waals surface area contributed by atoms with Gasteiger partial charge in [-0.1, -0.05) is 18.2 Å². The third kappa shape index (κ3) is 2.54. The van der Waals surface area contributed by atoms with Crippen molar-refractivity contribution in [3.05, 3.63) is 59.9 Å². The fraction of sp³-hybridized carbons (Fsp3) is 0.125. The van der Waals surface area contributed by atoms with Crippen molar-refractivity contribution in [1.82, 2.24) is 9.97 Å². The zero-order valence-corrected chi connectivity index (χ0v) is 11.2. The summed E-state index contributed by atoms with van der Waals surface area (Å²) in [5.74, 6) is 0.566. The summed E-state index contributed by atoms with van der Waals surface area (Å²) in [6.07, 6.45) is 3.91. The van der Waals surface area contributed by atoms with E-state index in [2.05, 4.69) is 15.3 Å². The molecule has 4 heteroatoms. The first-order valence-corrected chi connectivity index (χ1v) is 6.50. The van der Waals surface area contributed by atoms with Gasteiger partial charge < -0.3 is 10.3 Å². The molecule has 0 saturated carbocycles. The standard InChI is InChI=1S/C16H15N3O/c1-11-3-2-7-18-16(11)19-15(20)10-12-4-5-13-6-8-17-14(13)9-12/h2-9,17H,10H2,1H3,(H,18,19,20). The summed E-state index contributed by atoms with van der Waals surface area (Å²) in [5.41, 5.74) is 2.98. The predicted octanol–water partition coefficient (Wildman–Crippen LogP) is 3.05. The Hall–Kier alpha value is -2.62. The highest BCUT2D eigenvalue weighted by Gasteiger charge is 2.07. The molecule has 0 aliphatic heterocycles. The number of fused-ring (bicyclic) bond motifs is 1. The van der Waals surface area contributed by atoms with Crippen molar-refractivity contribution in [3.8, 4) is 0 Å². The molecule has 1 amide bonds. The maximum absolute atomic E-state index is 12.0. The van der Waals surface area contributed by atoms with Gasteiger partial charge in [-0.3, -0.25) is 4.79 Å². The largest absolute Gasteiger partial charge is 0.361 e. The van der Waals surface area contributed by atoms with Crippen LogP contribution in [0.1, 0.15) is 11.1 Å². The second kappa shape index (κ2) is 5.17. The quantitative estimate of drug-likeness (QED) is 0.764. The molecular formula is C16H15N3O. The number of nitrogens with one attached hydrogen (secondary N) is 2. The van der Waals surface area contributed by atoms with E-state index in [1.807, 2.05) is 49.5 Å². The van der Waals surface area contributed by atoms with Gasteiger partial charge in [-0.25, -0.2) is 4.98 Å². The summed E-state index contributed by atoms with van der Waals surface area (Å²) in [7, 11) is 0. The van der Waals surface area contributed by atoms with Crippen molar-refractivity contribution in [2.45, 2.75) is 13.3 Å². The number of hydrogen-bond acceptors (Lipinski definition) is 2. The fourth-order valence-electron chi connectivity index (χ4n) is 2.18. The van der Waals surface area contributed by atoms with Crippen LogP contribution in [-0.2, 0) is 11.2 Å². The molecule has 20 heavy (non-hydrogen) atoms. The Balaban J connectivity index is 1.74. The van der Waals surface area contributed by atoms with Gasteiger partial charge in [0.25, 0.3) is 0 Å². The number of rotatable bonds is 3. The lowest BCUT2D eigenvalue weighted by atomic mass is 10.1. The Bertz CT molecular complexity index is 761. The van der Waals surface area contributed by atoms with Crippen LogP contribution >= 0.6 is 0 Å². The normalized spacial score (nSPS) is 10.7. The van der Waals surface area contributed by atoms with Crippen LogP contribution in [0.25, 0.3) is 10.9 Å². The molecule has 2 aromatic heterocycles. The molecule has 0 spiro atoms. The second-order valence-corrected chi connectivity index (χ2v) is 4.79. The van der Waals surface area contributed by atoms with Crippen LogP contribution < -0.4 is 5.32 Å². The molecule has 3 rings (SSSR count). The Morgan fingerprint density at radius 2 is 2.20 bits per heavy atom. The van der Waals surface area contributed by atoms with Crippen LogP contribution in [0.15, 0.2) is 48.8 Å². The highest BCUT2D eigenvalue weighted by molar-refractivity contribution is 5.92. The summed E-state index contributed by atoms with van der Waals surface area (Å²) >= 11 is 0. The van der Waals surface area contributed by atoms with Crippen LogP contribution in [-0.4, -0.2) is 15.9 Å². The van der Waals surface area contributed by atoms with E-state index < -0.39 is 0 Å². The smallest absolute Gasteiger partial charge is 0.229 e. The van der Waals surface area contributed by atoms with Crippen molar-refractivity contribution in [2.75, 3.05) is 5.32 Å². The maximum Gasteiger partial charge on any atom is 0.229 e. The third-order valence-corrected chi connectivity index (χ3v) is 3.25. The van der Waals surface area contributed by atoms with E-state index in [4.69, 9.17) is 0 Å². The molecule has 0 saturated heterocycles. The number of aromatic amines is 1. The number of amides is 1.